The summed E-state index contributed by atoms with van der Waals surface area (Å²) in [6.45, 7) is 2.38. The summed E-state index contributed by atoms with van der Waals surface area (Å²) in [5.41, 5.74) is 2.09. The van der Waals surface area contributed by atoms with Crippen LogP contribution >= 0.6 is 0 Å². The van der Waals surface area contributed by atoms with Crippen molar-refractivity contribution in [2.24, 2.45) is 0 Å². The van der Waals surface area contributed by atoms with Crippen LogP contribution in [0.5, 0.6) is 0 Å². The lowest BCUT2D eigenvalue weighted by Crippen LogP contribution is -2.12. The summed E-state index contributed by atoms with van der Waals surface area (Å²) in [7, 11) is -0.865. The Morgan fingerprint density at radius 2 is 2.22 bits per heavy atom. The number of nitrogens with zero attached hydrogens (tertiary/aromatic N) is 3. The maximum Gasteiger partial charge on any atom is 0.223 e. The summed E-state index contributed by atoms with van der Waals surface area (Å²) >= 11 is 0. The van der Waals surface area contributed by atoms with Crippen molar-refractivity contribution < 1.29 is 13.1 Å². The van der Waals surface area contributed by atoms with Crippen molar-refractivity contribution in [3.63, 3.8) is 0 Å². The second-order valence-electron chi connectivity index (χ2n) is 4.97. The minimum absolute atomic E-state index is 0.446. The van der Waals surface area contributed by atoms with Crippen LogP contribution < -0.4 is 5.32 Å². The Morgan fingerprint density at radius 3 is 2.87 bits per heavy atom. The first-order valence-corrected chi connectivity index (χ1v) is 8.74. The largest absolute Gasteiger partial charge is 0.463 e. The zero-order chi connectivity index (χ0) is 16.2. The fourth-order valence-corrected chi connectivity index (χ4v) is 2.44. The topological polar surface area (TPSA) is 94.1 Å². The Kier molecular flexibility index (Phi) is 4.52. The van der Waals surface area contributed by atoms with Crippen molar-refractivity contribution in [1.29, 1.82) is 0 Å². The highest BCUT2D eigenvalue weighted by molar-refractivity contribution is 7.84. The normalized spacial score (nSPS) is 12.3. The lowest BCUT2D eigenvalue weighted by atomic mass is 10.1. The maximum atomic E-state index is 11.1. The van der Waals surface area contributed by atoms with Crippen LogP contribution in [0.1, 0.15) is 5.69 Å². The molecule has 0 amide bonds. The van der Waals surface area contributed by atoms with Gasteiger partial charge in [-0.25, -0.2) is 9.97 Å². The summed E-state index contributed by atoms with van der Waals surface area (Å²) in [5, 5.41) is 6.96. The van der Waals surface area contributed by atoms with E-state index >= 15 is 0 Å². The van der Waals surface area contributed by atoms with Crippen molar-refractivity contribution >= 4 is 16.7 Å². The van der Waals surface area contributed by atoms with Gasteiger partial charge >= 0.3 is 0 Å². The minimum atomic E-state index is -0.865. The van der Waals surface area contributed by atoms with E-state index in [0.29, 0.717) is 41.0 Å². The highest BCUT2D eigenvalue weighted by Gasteiger charge is 2.17. The molecule has 0 aliphatic heterocycles. The van der Waals surface area contributed by atoms with Crippen LogP contribution in [0.2, 0.25) is 0 Å². The van der Waals surface area contributed by atoms with E-state index in [0.717, 1.165) is 5.69 Å². The Bertz CT molecular complexity index is 814. The first kappa shape index (κ1) is 15.4. The summed E-state index contributed by atoms with van der Waals surface area (Å²) < 4.78 is 21.9. The van der Waals surface area contributed by atoms with Crippen LogP contribution in [0.3, 0.4) is 0 Å². The second kappa shape index (κ2) is 6.74. The number of nitrogens with one attached hydrogen (secondary N) is 1. The Balaban J connectivity index is 1.95. The third-order valence-corrected chi connectivity index (χ3v) is 3.89. The quantitative estimate of drug-likeness (QED) is 0.741. The van der Waals surface area contributed by atoms with Crippen molar-refractivity contribution in [3.8, 4) is 22.8 Å². The predicted molar refractivity (Wildman–Crippen MR) is 87.4 cm³/mol. The number of aryl methyl sites for hydroxylation is 1. The first-order chi connectivity index (χ1) is 11.1. The lowest BCUT2D eigenvalue weighted by Gasteiger charge is -2.07. The molecule has 7 nitrogen and oxygen atoms in total. The van der Waals surface area contributed by atoms with Crippen LogP contribution in [0, 0.1) is 6.92 Å². The van der Waals surface area contributed by atoms with E-state index in [1.54, 1.807) is 24.8 Å². The van der Waals surface area contributed by atoms with E-state index in [4.69, 9.17) is 8.94 Å². The minimum Gasteiger partial charge on any atom is -0.463 e. The molecule has 3 rings (SSSR count). The molecule has 23 heavy (non-hydrogen) atoms. The molecule has 0 radical (unpaired) electrons. The van der Waals surface area contributed by atoms with E-state index in [-0.39, 0.29) is 0 Å². The summed E-state index contributed by atoms with van der Waals surface area (Å²) in [6, 6.07) is 5.43. The SMILES string of the molecule is Cc1cc(-c2cnc(NCC[S@](C)=O)nc2-c2ccco2)on1. The van der Waals surface area contributed by atoms with Gasteiger partial charge in [0.15, 0.2) is 11.5 Å². The first-order valence-electron chi connectivity index (χ1n) is 7.02. The third-order valence-electron chi connectivity index (χ3n) is 3.11. The van der Waals surface area contributed by atoms with Crippen molar-refractivity contribution in [2.45, 2.75) is 6.92 Å². The number of aromatic nitrogens is 3. The van der Waals surface area contributed by atoms with Crippen molar-refractivity contribution in [1.82, 2.24) is 15.1 Å². The molecule has 3 aromatic rings. The van der Waals surface area contributed by atoms with E-state index in [1.165, 1.54) is 0 Å². The molecule has 1 atom stereocenters. The molecule has 8 heteroatoms. The highest BCUT2D eigenvalue weighted by atomic mass is 32.2. The molecule has 0 aromatic carbocycles. The lowest BCUT2D eigenvalue weighted by molar-refractivity contribution is 0.427. The van der Waals surface area contributed by atoms with Gasteiger partial charge in [-0.2, -0.15) is 0 Å². The number of furan rings is 1. The van der Waals surface area contributed by atoms with Gasteiger partial charge in [-0.05, 0) is 19.1 Å². The number of rotatable bonds is 6. The van der Waals surface area contributed by atoms with E-state index in [2.05, 4.69) is 20.4 Å². The third kappa shape index (κ3) is 3.65. The average molecular weight is 332 g/mol. The molecular formula is C15H16N4O3S. The van der Waals surface area contributed by atoms with Gasteiger partial charge in [0.2, 0.25) is 5.95 Å². The molecule has 1 N–H and O–H groups in total. The monoisotopic (exact) mass is 332 g/mol. The smallest absolute Gasteiger partial charge is 0.223 e. The van der Waals surface area contributed by atoms with Crippen LogP contribution in [-0.4, -0.2) is 37.9 Å². The van der Waals surface area contributed by atoms with Crippen molar-refractivity contribution in [2.75, 3.05) is 23.9 Å². The maximum absolute atomic E-state index is 11.1. The van der Waals surface area contributed by atoms with Crippen molar-refractivity contribution in [3.05, 3.63) is 36.4 Å². The second-order valence-corrected chi connectivity index (χ2v) is 6.52. The van der Waals surface area contributed by atoms with Gasteiger partial charge in [0.25, 0.3) is 0 Å². The number of hydrogen-bond acceptors (Lipinski definition) is 7. The fraction of sp³-hybridized carbons (Fsp3) is 0.267. The molecule has 3 heterocycles. The van der Waals surface area contributed by atoms with Gasteiger partial charge in [0.1, 0.15) is 5.69 Å². The molecule has 0 unspecified atom stereocenters. The zero-order valence-corrected chi connectivity index (χ0v) is 13.6. The van der Waals surface area contributed by atoms with E-state index in [9.17, 15) is 4.21 Å². The standard InChI is InChI=1S/C15H16N4O3S/c1-10-8-13(22-19-10)11-9-17-15(16-5-7-23(2)20)18-14(11)12-4-3-6-21-12/h3-4,6,8-9H,5,7H2,1-2H3,(H,16,17,18)/t23-/m0/s1. The molecule has 0 aliphatic rings. The van der Waals surface area contributed by atoms with E-state index in [1.807, 2.05) is 19.1 Å². The summed E-state index contributed by atoms with van der Waals surface area (Å²) in [4.78, 5) is 8.78. The zero-order valence-electron chi connectivity index (χ0n) is 12.8. The Hall–Kier alpha value is -2.48. The van der Waals surface area contributed by atoms with Crippen LogP contribution in [0.15, 0.2) is 39.6 Å². The fourth-order valence-electron chi connectivity index (χ4n) is 2.05. The predicted octanol–water partition coefficient (Wildman–Crippen LogP) is 2.49. The summed E-state index contributed by atoms with van der Waals surface area (Å²) in [6.07, 6.45) is 4.91. The Labute approximate surface area is 135 Å². The molecule has 0 fully saturated rings. The van der Waals surface area contributed by atoms with Gasteiger partial charge in [0, 0.05) is 41.6 Å². The molecule has 3 aromatic heterocycles. The van der Waals surface area contributed by atoms with Crippen LogP contribution in [0.4, 0.5) is 5.95 Å². The van der Waals surface area contributed by atoms with Gasteiger partial charge in [-0.3, -0.25) is 4.21 Å². The molecule has 0 saturated heterocycles. The molecule has 120 valence electrons. The van der Waals surface area contributed by atoms with Gasteiger partial charge in [-0.1, -0.05) is 5.16 Å². The molecule has 0 aliphatic carbocycles. The number of hydrogen-bond donors (Lipinski definition) is 1. The summed E-state index contributed by atoms with van der Waals surface area (Å²) in [5.74, 6) is 2.16. The molecular weight excluding hydrogens is 316 g/mol. The molecule has 0 bridgehead atoms. The Morgan fingerprint density at radius 1 is 1.35 bits per heavy atom. The average Bonchev–Trinajstić information content (AvgIpc) is 3.18. The van der Waals surface area contributed by atoms with Gasteiger partial charge in [0.05, 0.1) is 17.5 Å². The molecule has 0 saturated carbocycles. The molecule has 0 spiro atoms. The highest BCUT2D eigenvalue weighted by Crippen LogP contribution is 2.31. The van der Waals surface area contributed by atoms with Gasteiger partial charge in [-0.15, -0.1) is 0 Å². The van der Waals surface area contributed by atoms with Gasteiger partial charge < -0.3 is 14.3 Å². The number of anilines is 1. The van der Waals surface area contributed by atoms with Crippen LogP contribution in [0.25, 0.3) is 22.8 Å². The van der Waals surface area contributed by atoms with Crippen LogP contribution in [-0.2, 0) is 10.8 Å². The van der Waals surface area contributed by atoms with E-state index < -0.39 is 10.8 Å².